The summed E-state index contributed by atoms with van der Waals surface area (Å²) in [6, 6.07) is 14.8. The topological polar surface area (TPSA) is 127 Å². The highest BCUT2D eigenvalue weighted by Crippen LogP contribution is 2.41. The molecule has 0 aliphatic carbocycles. The van der Waals surface area contributed by atoms with Crippen LogP contribution < -0.4 is 23.7 Å². The quantitative estimate of drug-likeness (QED) is 0.0992. The van der Waals surface area contributed by atoms with Gasteiger partial charge in [-0.15, -0.1) is 0 Å². The van der Waals surface area contributed by atoms with Crippen LogP contribution in [-0.4, -0.2) is 43.2 Å². The van der Waals surface area contributed by atoms with Gasteiger partial charge in [0.05, 0.1) is 6.61 Å². The van der Waals surface area contributed by atoms with Gasteiger partial charge in [-0.25, -0.2) is 19.2 Å². The van der Waals surface area contributed by atoms with Crippen LogP contribution >= 0.6 is 0 Å². The lowest BCUT2D eigenvalue weighted by molar-refractivity contribution is -0.132. The van der Waals surface area contributed by atoms with E-state index in [1.54, 1.807) is 36.4 Å². The molecule has 1 saturated heterocycles. The van der Waals surface area contributed by atoms with Crippen molar-refractivity contribution in [3.8, 4) is 51.0 Å². The Bertz CT molecular complexity index is 1730. The molecule has 1 unspecified atom stereocenters. The predicted molar refractivity (Wildman–Crippen MR) is 165 cm³/mol. The smallest absolute Gasteiger partial charge is 0.338 e. The Morgan fingerprint density at radius 3 is 1.69 bits per heavy atom. The van der Waals surface area contributed by atoms with Gasteiger partial charge in [-0.3, -0.25) is 0 Å². The molecule has 1 aliphatic heterocycles. The molecular formula is C35H30O10. The lowest BCUT2D eigenvalue weighted by Gasteiger charge is -2.16. The van der Waals surface area contributed by atoms with Crippen LogP contribution in [0.25, 0.3) is 22.3 Å². The number of ether oxygens (including phenoxy) is 6. The van der Waals surface area contributed by atoms with Crippen molar-refractivity contribution in [1.82, 2.24) is 0 Å². The van der Waals surface area contributed by atoms with Crippen LogP contribution in [0, 0.1) is 0 Å². The van der Waals surface area contributed by atoms with Crippen LogP contribution in [0.15, 0.2) is 104 Å². The Morgan fingerprint density at radius 1 is 0.689 bits per heavy atom. The maximum Gasteiger partial charge on any atom is 0.338 e. The number of carbonyl (C=O) groups is 4. The molecule has 0 amide bonds. The molecule has 0 aromatic heterocycles. The first kappa shape index (κ1) is 32.2. The van der Waals surface area contributed by atoms with E-state index < -0.39 is 23.9 Å². The van der Waals surface area contributed by atoms with Crippen molar-refractivity contribution in [3.63, 3.8) is 0 Å². The summed E-state index contributed by atoms with van der Waals surface area (Å²) in [6.07, 6.45) is 1.92. The minimum absolute atomic E-state index is 0.00519. The minimum Gasteiger partial charge on any atom is -0.490 e. The number of epoxide rings is 1. The first-order valence-corrected chi connectivity index (χ1v) is 13.6. The van der Waals surface area contributed by atoms with E-state index in [4.69, 9.17) is 28.4 Å². The van der Waals surface area contributed by atoms with Gasteiger partial charge < -0.3 is 28.4 Å². The molecule has 10 heteroatoms. The standard InChI is InChI=1S/C35H30O10/c1-7-32(36)42-27-13-10-23(16-30(27)43-33(37)8-2)22-9-12-26(29(15-22)41-19-25-18-40-25)24-11-14-28(44-34(38)20(3)4)31(17-24)45-35(39)21(5)6/h7-17,25H,1-3,5,18-19H2,4,6H3. The maximum atomic E-state index is 12.4. The van der Waals surface area contributed by atoms with E-state index in [0.717, 1.165) is 12.2 Å². The third-order valence-corrected chi connectivity index (χ3v) is 6.20. The van der Waals surface area contributed by atoms with Gasteiger partial charge in [0.15, 0.2) is 23.0 Å². The van der Waals surface area contributed by atoms with Gasteiger partial charge in [0.2, 0.25) is 0 Å². The molecular weight excluding hydrogens is 580 g/mol. The van der Waals surface area contributed by atoms with E-state index in [0.29, 0.717) is 34.6 Å². The second-order valence-corrected chi connectivity index (χ2v) is 9.89. The zero-order chi connectivity index (χ0) is 32.7. The van der Waals surface area contributed by atoms with E-state index in [-0.39, 0.29) is 46.9 Å². The number of rotatable bonds is 13. The number of hydrogen-bond acceptors (Lipinski definition) is 10. The summed E-state index contributed by atoms with van der Waals surface area (Å²) in [4.78, 5) is 48.5. The molecule has 0 bridgehead atoms. The van der Waals surface area contributed by atoms with E-state index in [9.17, 15) is 19.2 Å². The van der Waals surface area contributed by atoms with E-state index in [2.05, 4.69) is 26.3 Å². The van der Waals surface area contributed by atoms with Gasteiger partial charge >= 0.3 is 23.9 Å². The van der Waals surface area contributed by atoms with Gasteiger partial charge in [0, 0.05) is 28.9 Å². The van der Waals surface area contributed by atoms with Crippen molar-refractivity contribution in [3.05, 3.63) is 104 Å². The van der Waals surface area contributed by atoms with Gasteiger partial charge in [-0.2, -0.15) is 0 Å². The van der Waals surface area contributed by atoms with Gasteiger partial charge in [0.25, 0.3) is 0 Å². The highest BCUT2D eigenvalue weighted by molar-refractivity contribution is 5.92. The minimum atomic E-state index is -0.743. The van der Waals surface area contributed by atoms with Crippen molar-refractivity contribution in [1.29, 1.82) is 0 Å². The Kier molecular flexibility index (Phi) is 10.1. The normalized spacial score (nSPS) is 13.1. The van der Waals surface area contributed by atoms with Gasteiger partial charge in [-0.1, -0.05) is 50.6 Å². The molecule has 0 saturated carbocycles. The molecule has 0 radical (unpaired) electrons. The Morgan fingerprint density at radius 2 is 1.13 bits per heavy atom. The summed E-state index contributed by atoms with van der Waals surface area (Å²) in [5, 5.41) is 0. The summed E-state index contributed by atoms with van der Waals surface area (Å²) >= 11 is 0. The highest BCUT2D eigenvalue weighted by atomic mass is 16.6. The zero-order valence-electron chi connectivity index (χ0n) is 24.8. The number of esters is 4. The third-order valence-electron chi connectivity index (χ3n) is 6.20. The average molecular weight is 611 g/mol. The van der Waals surface area contributed by atoms with Crippen molar-refractivity contribution in [2.75, 3.05) is 13.2 Å². The van der Waals surface area contributed by atoms with Crippen molar-refractivity contribution >= 4 is 23.9 Å². The summed E-state index contributed by atoms with van der Waals surface area (Å²) in [5.74, 6) is -2.37. The van der Waals surface area contributed by atoms with Crippen LogP contribution in [0.1, 0.15) is 13.8 Å². The summed E-state index contributed by atoms with van der Waals surface area (Å²) in [5.41, 5.74) is 2.80. The monoisotopic (exact) mass is 610 g/mol. The van der Waals surface area contributed by atoms with Crippen molar-refractivity contribution in [2.45, 2.75) is 20.0 Å². The van der Waals surface area contributed by atoms with E-state index in [1.807, 2.05) is 0 Å². The predicted octanol–water partition coefficient (Wildman–Crippen LogP) is 5.94. The molecule has 0 N–H and O–H groups in total. The first-order chi connectivity index (χ1) is 21.5. The summed E-state index contributed by atoms with van der Waals surface area (Å²) in [6.45, 7) is 17.8. The molecule has 1 fully saturated rings. The number of benzene rings is 3. The second-order valence-electron chi connectivity index (χ2n) is 9.89. The second kappa shape index (κ2) is 14.2. The molecule has 0 spiro atoms. The van der Waals surface area contributed by atoms with Crippen LogP contribution in [-0.2, 0) is 23.9 Å². The van der Waals surface area contributed by atoms with E-state index >= 15 is 0 Å². The lowest BCUT2D eigenvalue weighted by atomic mass is 9.98. The highest BCUT2D eigenvalue weighted by Gasteiger charge is 2.25. The molecule has 3 aromatic carbocycles. The fourth-order valence-electron chi connectivity index (χ4n) is 3.77. The maximum absolute atomic E-state index is 12.4. The van der Waals surface area contributed by atoms with Gasteiger partial charge in [0.1, 0.15) is 18.5 Å². The van der Waals surface area contributed by atoms with Gasteiger partial charge in [-0.05, 0) is 60.9 Å². The first-order valence-electron chi connectivity index (χ1n) is 13.6. The molecule has 3 aromatic rings. The average Bonchev–Trinajstić information content (AvgIpc) is 3.86. The Balaban J connectivity index is 1.77. The molecule has 1 aliphatic rings. The molecule has 1 atom stereocenters. The summed E-state index contributed by atoms with van der Waals surface area (Å²) < 4.78 is 32.9. The molecule has 230 valence electrons. The number of hydrogen-bond donors (Lipinski definition) is 0. The zero-order valence-corrected chi connectivity index (χ0v) is 24.8. The third kappa shape index (κ3) is 8.43. The molecule has 45 heavy (non-hydrogen) atoms. The van der Waals surface area contributed by atoms with Crippen LogP contribution in [0.5, 0.6) is 28.7 Å². The Labute approximate surface area is 259 Å². The largest absolute Gasteiger partial charge is 0.490 e. The lowest BCUT2D eigenvalue weighted by Crippen LogP contribution is -2.13. The van der Waals surface area contributed by atoms with Crippen molar-refractivity contribution < 1.29 is 47.6 Å². The van der Waals surface area contributed by atoms with E-state index in [1.165, 1.54) is 32.0 Å². The van der Waals surface area contributed by atoms with Crippen LogP contribution in [0.3, 0.4) is 0 Å². The molecule has 10 nitrogen and oxygen atoms in total. The number of carbonyl (C=O) groups excluding carboxylic acids is 4. The fraction of sp³-hybridized carbons (Fsp3) is 0.143. The van der Waals surface area contributed by atoms with Crippen LogP contribution in [0.4, 0.5) is 0 Å². The van der Waals surface area contributed by atoms with Crippen LogP contribution in [0.2, 0.25) is 0 Å². The Hall–Kier alpha value is -5.74. The summed E-state index contributed by atoms with van der Waals surface area (Å²) in [7, 11) is 0. The SMILES string of the molecule is C=CC(=O)Oc1ccc(-c2ccc(-c3ccc(OC(=O)C(=C)C)c(OC(=O)C(=C)C)c3)c(OCC3CO3)c2)cc1OC(=O)C=C. The van der Waals surface area contributed by atoms with Crippen molar-refractivity contribution in [2.24, 2.45) is 0 Å². The molecule has 4 rings (SSSR count). The fourth-order valence-corrected chi connectivity index (χ4v) is 3.77. The molecule has 1 heterocycles.